The highest BCUT2D eigenvalue weighted by molar-refractivity contribution is 7.89. The number of aryl methyl sites for hydroxylation is 4. The lowest BCUT2D eigenvalue weighted by Crippen LogP contribution is -2.39. The summed E-state index contributed by atoms with van der Waals surface area (Å²) in [7, 11) is -3.45. The molecule has 29 heavy (non-hydrogen) atoms. The molecule has 0 amide bonds. The second-order valence-electron chi connectivity index (χ2n) is 8.33. The molecule has 0 radical (unpaired) electrons. The average Bonchev–Trinajstić information content (AvgIpc) is 2.96. The number of fused-ring (bicyclic) bond motifs is 1. The van der Waals surface area contributed by atoms with Gasteiger partial charge in [-0.15, -0.1) is 0 Å². The number of sulfonamides is 1. The van der Waals surface area contributed by atoms with Gasteiger partial charge in [-0.2, -0.15) is 4.31 Å². The molecule has 1 aliphatic rings. The first-order valence-corrected chi connectivity index (χ1v) is 11.7. The number of hydrogen-bond acceptors (Lipinski definition) is 3. The van der Waals surface area contributed by atoms with Crippen molar-refractivity contribution in [1.29, 1.82) is 0 Å². The van der Waals surface area contributed by atoms with Crippen molar-refractivity contribution in [1.82, 2.24) is 13.9 Å². The topological polar surface area (TPSA) is 55.2 Å². The lowest BCUT2D eigenvalue weighted by Gasteiger charge is -2.32. The molecule has 0 unspecified atom stereocenters. The summed E-state index contributed by atoms with van der Waals surface area (Å²) in [5.41, 5.74) is 4.96. The van der Waals surface area contributed by atoms with Gasteiger partial charge in [-0.3, -0.25) is 0 Å². The quantitative estimate of drug-likeness (QED) is 0.640. The van der Waals surface area contributed by atoms with Gasteiger partial charge in [-0.25, -0.2) is 13.4 Å². The first-order chi connectivity index (χ1) is 13.8. The van der Waals surface area contributed by atoms with Crippen molar-refractivity contribution < 1.29 is 8.42 Å². The molecule has 0 N–H and O–H groups in total. The van der Waals surface area contributed by atoms with Crippen molar-refractivity contribution in [3.05, 3.63) is 58.9 Å². The van der Waals surface area contributed by atoms with Gasteiger partial charge in [0.15, 0.2) is 0 Å². The fraction of sp³-hybridized carbons (Fsp3) is 0.435. The van der Waals surface area contributed by atoms with E-state index in [0.29, 0.717) is 23.9 Å². The molecular formula is C23H29N3O2S. The minimum absolute atomic E-state index is 0.456. The third-order valence-corrected chi connectivity index (χ3v) is 8.27. The van der Waals surface area contributed by atoms with Crippen LogP contribution in [0.2, 0.25) is 0 Å². The van der Waals surface area contributed by atoms with E-state index in [1.165, 1.54) is 0 Å². The second-order valence-corrected chi connectivity index (χ2v) is 10.2. The highest BCUT2D eigenvalue weighted by atomic mass is 32.2. The van der Waals surface area contributed by atoms with Crippen LogP contribution in [0.4, 0.5) is 0 Å². The Balaban J connectivity index is 1.50. The largest absolute Gasteiger partial charge is 0.328 e. The minimum Gasteiger partial charge on any atom is -0.328 e. The molecule has 0 saturated carbocycles. The summed E-state index contributed by atoms with van der Waals surface area (Å²) in [5.74, 6) is 1.48. The highest BCUT2D eigenvalue weighted by Crippen LogP contribution is 2.30. The monoisotopic (exact) mass is 411 g/mol. The van der Waals surface area contributed by atoms with Crippen LogP contribution in [-0.2, 0) is 16.6 Å². The van der Waals surface area contributed by atoms with Gasteiger partial charge in [0.05, 0.1) is 15.9 Å². The Bertz CT molecular complexity index is 1130. The van der Waals surface area contributed by atoms with Crippen molar-refractivity contribution in [3.8, 4) is 0 Å². The highest BCUT2D eigenvalue weighted by Gasteiger charge is 2.32. The standard InChI is InChI=1S/C23H29N3O2S/c1-16-13-17(2)23(18(3)14-16)29(27,28)25-11-9-20(10-12-25)15-26-19(4)24-21-7-5-6-8-22(21)26/h5-8,13-14,20H,9-12,15H2,1-4H3. The maximum atomic E-state index is 13.3. The van der Waals surface area contributed by atoms with Crippen molar-refractivity contribution in [2.45, 2.75) is 52.0 Å². The van der Waals surface area contributed by atoms with Gasteiger partial charge in [0.2, 0.25) is 10.0 Å². The minimum atomic E-state index is -3.45. The van der Waals surface area contributed by atoms with Crippen LogP contribution in [0.3, 0.4) is 0 Å². The van der Waals surface area contributed by atoms with E-state index in [0.717, 1.165) is 52.9 Å². The Morgan fingerprint density at radius 2 is 1.62 bits per heavy atom. The second kappa shape index (κ2) is 7.58. The maximum absolute atomic E-state index is 13.3. The van der Waals surface area contributed by atoms with Crippen molar-refractivity contribution in [2.75, 3.05) is 13.1 Å². The molecule has 4 rings (SSSR count). The fourth-order valence-corrected chi connectivity index (χ4v) is 6.60. The molecule has 1 saturated heterocycles. The molecule has 5 nitrogen and oxygen atoms in total. The van der Waals surface area contributed by atoms with E-state index in [1.807, 2.05) is 58.0 Å². The lowest BCUT2D eigenvalue weighted by molar-refractivity contribution is 0.253. The van der Waals surface area contributed by atoms with E-state index in [-0.39, 0.29) is 0 Å². The zero-order chi connectivity index (χ0) is 20.8. The van der Waals surface area contributed by atoms with Gasteiger partial charge in [0.1, 0.15) is 5.82 Å². The summed E-state index contributed by atoms with van der Waals surface area (Å²) in [4.78, 5) is 5.14. The third kappa shape index (κ3) is 3.71. The van der Waals surface area contributed by atoms with E-state index in [1.54, 1.807) is 4.31 Å². The van der Waals surface area contributed by atoms with Gasteiger partial charge in [-0.05, 0) is 69.7 Å². The third-order valence-electron chi connectivity index (χ3n) is 6.06. The van der Waals surface area contributed by atoms with Crippen LogP contribution in [0, 0.1) is 33.6 Å². The van der Waals surface area contributed by atoms with E-state index in [9.17, 15) is 8.42 Å². The number of hydrogen-bond donors (Lipinski definition) is 0. The van der Waals surface area contributed by atoms with Crippen molar-refractivity contribution in [2.24, 2.45) is 5.92 Å². The number of aromatic nitrogens is 2. The van der Waals surface area contributed by atoms with Gasteiger partial charge in [0, 0.05) is 19.6 Å². The van der Waals surface area contributed by atoms with Crippen LogP contribution in [0.15, 0.2) is 41.3 Å². The molecular weight excluding hydrogens is 382 g/mol. The summed E-state index contributed by atoms with van der Waals surface area (Å²) in [6.07, 6.45) is 1.74. The Labute approximate surface area is 173 Å². The van der Waals surface area contributed by atoms with Crippen LogP contribution in [0.5, 0.6) is 0 Å². The Morgan fingerprint density at radius 3 is 2.28 bits per heavy atom. The first kappa shape index (κ1) is 20.1. The molecule has 0 spiro atoms. The first-order valence-electron chi connectivity index (χ1n) is 10.3. The van der Waals surface area contributed by atoms with Crippen LogP contribution >= 0.6 is 0 Å². The van der Waals surface area contributed by atoms with Crippen molar-refractivity contribution in [3.63, 3.8) is 0 Å². The number of benzene rings is 2. The van der Waals surface area contributed by atoms with Crippen molar-refractivity contribution >= 4 is 21.1 Å². The molecule has 2 heterocycles. The zero-order valence-corrected chi connectivity index (χ0v) is 18.5. The molecule has 0 atom stereocenters. The number of piperidine rings is 1. The molecule has 1 aliphatic heterocycles. The van der Waals surface area contributed by atoms with E-state index >= 15 is 0 Å². The average molecular weight is 412 g/mol. The Morgan fingerprint density at radius 1 is 1.00 bits per heavy atom. The molecule has 1 fully saturated rings. The molecule has 154 valence electrons. The fourth-order valence-electron chi connectivity index (χ4n) is 4.72. The van der Waals surface area contributed by atoms with Crippen LogP contribution in [0.1, 0.15) is 35.4 Å². The normalized spacial score (nSPS) is 16.6. The Kier molecular flexibility index (Phi) is 5.25. The molecule has 0 aliphatic carbocycles. The number of nitrogens with zero attached hydrogens (tertiary/aromatic N) is 3. The summed E-state index contributed by atoms with van der Waals surface area (Å²) in [5, 5.41) is 0. The van der Waals surface area contributed by atoms with E-state index < -0.39 is 10.0 Å². The molecule has 3 aromatic rings. The van der Waals surface area contributed by atoms with E-state index in [2.05, 4.69) is 15.6 Å². The summed E-state index contributed by atoms with van der Waals surface area (Å²) < 4.78 is 30.6. The van der Waals surface area contributed by atoms with E-state index in [4.69, 9.17) is 0 Å². The summed E-state index contributed by atoms with van der Waals surface area (Å²) >= 11 is 0. The summed E-state index contributed by atoms with van der Waals surface area (Å²) in [6, 6.07) is 12.1. The molecule has 1 aromatic heterocycles. The SMILES string of the molecule is Cc1cc(C)c(S(=O)(=O)N2CCC(Cn3c(C)nc4ccccc43)CC2)c(C)c1. The van der Waals surface area contributed by atoms with Gasteiger partial charge < -0.3 is 4.57 Å². The number of imidazole rings is 1. The number of rotatable bonds is 4. The Hall–Kier alpha value is -2.18. The molecule has 6 heteroatoms. The molecule has 2 aromatic carbocycles. The van der Waals surface area contributed by atoms with Gasteiger partial charge >= 0.3 is 0 Å². The lowest BCUT2D eigenvalue weighted by atomic mass is 9.98. The van der Waals surface area contributed by atoms with Crippen LogP contribution in [0.25, 0.3) is 11.0 Å². The predicted molar refractivity (Wildman–Crippen MR) is 117 cm³/mol. The maximum Gasteiger partial charge on any atom is 0.243 e. The summed E-state index contributed by atoms with van der Waals surface area (Å²) in [6.45, 7) is 9.88. The van der Waals surface area contributed by atoms with Gasteiger partial charge in [-0.1, -0.05) is 29.8 Å². The smallest absolute Gasteiger partial charge is 0.243 e. The van der Waals surface area contributed by atoms with Crippen LogP contribution < -0.4 is 0 Å². The predicted octanol–water partition coefficient (Wildman–Crippen LogP) is 4.37. The number of para-hydroxylation sites is 2. The van der Waals surface area contributed by atoms with Crippen LogP contribution in [-0.4, -0.2) is 35.4 Å². The van der Waals surface area contributed by atoms with Gasteiger partial charge in [0.25, 0.3) is 0 Å². The zero-order valence-electron chi connectivity index (χ0n) is 17.6. The molecule has 0 bridgehead atoms.